The number of rotatable bonds is 7. The molecule has 0 saturated heterocycles. The normalized spacial score (nSPS) is 11.5. The van der Waals surface area contributed by atoms with E-state index in [0.29, 0.717) is 18.7 Å². The van der Waals surface area contributed by atoms with Crippen molar-refractivity contribution in [2.24, 2.45) is 0 Å². The number of hydrogen-bond acceptors (Lipinski definition) is 5. The van der Waals surface area contributed by atoms with Crippen molar-refractivity contribution in [1.29, 1.82) is 0 Å². The van der Waals surface area contributed by atoms with Gasteiger partial charge in [-0.3, -0.25) is 4.79 Å². The van der Waals surface area contributed by atoms with Crippen LogP contribution in [-0.2, 0) is 11.3 Å². The van der Waals surface area contributed by atoms with E-state index in [4.69, 9.17) is 9.84 Å². The van der Waals surface area contributed by atoms with Crippen molar-refractivity contribution in [3.63, 3.8) is 0 Å². The van der Waals surface area contributed by atoms with Gasteiger partial charge in [0, 0.05) is 5.39 Å². The van der Waals surface area contributed by atoms with E-state index in [1.165, 1.54) is 4.68 Å². The van der Waals surface area contributed by atoms with Crippen molar-refractivity contribution in [3.05, 3.63) is 52.6 Å². The maximum Gasteiger partial charge on any atom is 0.293 e. The Morgan fingerprint density at radius 3 is 2.64 bits per heavy atom. The van der Waals surface area contributed by atoms with Crippen LogP contribution in [0.25, 0.3) is 16.6 Å². The van der Waals surface area contributed by atoms with Crippen molar-refractivity contribution in [2.75, 3.05) is 19.8 Å². The van der Waals surface area contributed by atoms with Gasteiger partial charge in [-0.2, -0.15) is 10.2 Å². The van der Waals surface area contributed by atoms with Gasteiger partial charge in [0.2, 0.25) is 0 Å². The molecule has 0 aliphatic rings. The summed E-state index contributed by atoms with van der Waals surface area (Å²) in [4.78, 5) is 13.0. The number of fused-ring (bicyclic) bond motifs is 1. The lowest BCUT2D eigenvalue weighted by atomic mass is 10.1. The number of aliphatic hydroxyl groups is 1. The zero-order valence-electron chi connectivity index (χ0n) is 14.4. The quantitative estimate of drug-likeness (QED) is 0.661. The van der Waals surface area contributed by atoms with E-state index in [-0.39, 0.29) is 24.7 Å². The fourth-order valence-electron chi connectivity index (χ4n) is 2.75. The van der Waals surface area contributed by atoms with Gasteiger partial charge >= 0.3 is 0 Å². The number of hydrogen-bond donors (Lipinski definition) is 1. The summed E-state index contributed by atoms with van der Waals surface area (Å²) in [5.41, 5.74) is 1.98. The van der Waals surface area contributed by atoms with E-state index in [9.17, 15) is 4.79 Å². The van der Waals surface area contributed by atoms with E-state index in [0.717, 1.165) is 16.8 Å². The summed E-state index contributed by atoms with van der Waals surface area (Å²) in [5.74, 6) is 0.154. The Hall–Kier alpha value is -2.51. The van der Waals surface area contributed by atoms with Crippen LogP contribution in [0, 0.1) is 0 Å². The molecule has 2 aromatic heterocycles. The van der Waals surface area contributed by atoms with Crippen molar-refractivity contribution >= 4 is 10.9 Å². The van der Waals surface area contributed by atoms with Crippen LogP contribution in [0.5, 0.6) is 0 Å². The Bertz CT molecular complexity index is 900. The molecular weight excluding hydrogens is 320 g/mol. The lowest BCUT2D eigenvalue weighted by molar-refractivity contribution is 0.0846. The highest BCUT2D eigenvalue weighted by Gasteiger charge is 2.18. The smallest absolute Gasteiger partial charge is 0.293 e. The summed E-state index contributed by atoms with van der Waals surface area (Å²) in [7, 11) is 0. The third-order valence-electron chi connectivity index (χ3n) is 3.94. The first-order valence-corrected chi connectivity index (χ1v) is 8.36. The predicted molar refractivity (Wildman–Crippen MR) is 95.1 cm³/mol. The molecular formula is C18H22N4O3. The Morgan fingerprint density at radius 2 is 1.96 bits per heavy atom. The predicted octanol–water partition coefficient (Wildman–Crippen LogP) is 1.71. The first-order chi connectivity index (χ1) is 12.1. The Kier molecular flexibility index (Phi) is 5.25. The van der Waals surface area contributed by atoms with E-state index < -0.39 is 0 Å². The topological polar surface area (TPSA) is 82.2 Å². The van der Waals surface area contributed by atoms with Gasteiger partial charge in [0.25, 0.3) is 5.56 Å². The molecule has 0 atom stereocenters. The van der Waals surface area contributed by atoms with E-state index in [1.54, 1.807) is 10.9 Å². The highest BCUT2D eigenvalue weighted by molar-refractivity contribution is 5.81. The number of ether oxygens (including phenoxy) is 1. The first-order valence-electron chi connectivity index (χ1n) is 8.36. The molecule has 0 fully saturated rings. The summed E-state index contributed by atoms with van der Waals surface area (Å²) >= 11 is 0. The molecule has 0 aliphatic heterocycles. The summed E-state index contributed by atoms with van der Waals surface area (Å²) in [5, 5.41) is 18.5. The molecule has 0 radical (unpaired) electrons. The average Bonchev–Trinajstić information content (AvgIpc) is 3.06. The molecule has 0 spiro atoms. The summed E-state index contributed by atoms with van der Waals surface area (Å²) in [6.45, 7) is 4.93. The monoisotopic (exact) mass is 342 g/mol. The van der Waals surface area contributed by atoms with Crippen LogP contribution in [-0.4, -0.2) is 44.5 Å². The minimum Gasteiger partial charge on any atom is -0.394 e. The second-order valence-corrected chi connectivity index (χ2v) is 6.06. The second kappa shape index (κ2) is 7.58. The third kappa shape index (κ3) is 3.47. The van der Waals surface area contributed by atoms with E-state index >= 15 is 0 Å². The minimum atomic E-state index is -0.201. The number of benzene rings is 1. The zero-order chi connectivity index (χ0) is 17.8. The zero-order valence-corrected chi connectivity index (χ0v) is 14.4. The maximum absolute atomic E-state index is 13.0. The molecule has 1 aromatic carbocycles. The van der Waals surface area contributed by atoms with Crippen molar-refractivity contribution < 1.29 is 9.84 Å². The van der Waals surface area contributed by atoms with Gasteiger partial charge in [-0.25, -0.2) is 9.36 Å². The molecule has 0 aliphatic carbocycles. The van der Waals surface area contributed by atoms with E-state index in [1.807, 2.05) is 44.2 Å². The lowest BCUT2D eigenvalue weighted by Crippen LogP contribution is -2.28. The number of aromatic nitrogens is 4. The molecule has 132 valence electrons. The van der Waals surface area contributed by atoms with Crippen LogP contribution < -0.4 is 5.56 Å². The van der Waals surface area contributed by atoms with Gasteiger partial charge in [-0.15, -0.1) is 0 Å². The van der Waals surface area contributed by atoms with Crippen molar-refractivity contribution in [1.82, 2.24) is 19.6 Å². The summed E-state index contributed by atoms with van der Waals surface area (Å²) in [6.07, 6.45) is 1.71. The number of para-hydroxylation sites is 1. The SMILES string of the molecule is CC(C)c1nn(CCOCCO)c(=O)c2c1cnn2-c1ccccc1. The summed E-state index contributed by atoms with van der Waals surface area (Å²) < 4.78 is 8.37. The maximum atomic E-state index is 13.0. The molecule has 3 rings (SSSR count). The van der Waals surface area contributed by atoms with Gasteiger partial charge in [0.1, 0.15) is 5.52 Å². The van der Waals surface area contributed by atoms with Crippen molar-refractivity contribution in [3.8, 4) is 5.69 Å². The molecule has 25 heavy (non-hydrogen) atoms. The fourth-order valence-corrected chi connectivity index (χ4v) is 2.75. The van der Waals surface area contributed by atoms with Crippen molar-refractivity contribution in [2.45, 2.75) is 26.3 Å². The first kappa shape index (κ1) is 17.3. The molecule has 7 heteroatoms. The Morgan fingerprint density at radius 1 is 1.20 bits per heavy atom. The fraction of sp³-hybridized carbons (Fsp3) is 0.389. The molecule has 0 amide bonds. The van der Waals surface area contributed by atoms with Crippen LogP contribution in [0.1, 0.15) is 25.5 Å². The number of nitrogens with zero attached hydrogens (tertiary/aromatic N) is 4. The van der Waals surface area contributed by atoms with Gasteiger partial charge in [-0.05, 0) is 18.1 Å². The van der Waals surface area contributed by atoms with Crippen LogP contribution in [0.2, 0.25) is 0 Å². The molecule has 2 heterocycles. The minimum absolute atomic E-state index is 0.0423. The third-order valence-corrected chi connectivity index (χ3v) is 3.94. The molecule has 3 aromatic rings. The second-order valence-electron chi connectivity index (χ2n) is 6.06. The largest absolute Gasteiger partial charge is 0.394 e. The molecule has 0 bridgehead atoms. The van der Waals surface area contributed by atoms with Gasteiger partial charge in [0.05, 0.1) is 43.9 Å². The summed E-state index contributed by atoms with van der Waals surface area (Å²) in [6, 6.07) is 9.57. The molecule has 0 unspecified atom stereocenters. The van der Waals surface area contributed by atoms with Gasteiger partial charge in [0.15, 0.2) is 0 Å². The standard InChI is InChI=1S/C18H22N4O3/c1-13(2)16-15-12-19-22(14-6-4-3-5-7-14)17(15)18(24)21(20-16)8-10-25-11-9-23/h3-7,12-13,23H,8-11H2,1-2H3. The molecule has 7 nitrogen and oxygen atoms in total. The van der Waals surface area contributed by atoms with E-state index in [2.05, 4.69) is 10.2 Å². The highest BCUT2D eigenvalue weighted by atomic mass is 16.5. The Labute approximate surface area is 145 Å². The Balaban J connectivity index is 2.12. The number of aliphatic hydroxyl groups excluding tert-OH is 1. The molecule has 0 saturated carbocycles. The van der Waals surface area contributed by atoms with Gasteiger partial charge in [-0.1, -0.05) is 32.0 Å². The van der Waals surface area contributed by atoms with Crippen LogP contribution >= 0.6 is 0 Å². The van der Waals surface area contributed by atoms with Crippen LogP contribution in [0.15, 0.2) is 41.3 Å². The average molecular weight is 342 g/mol. The van der Waals surface area contributed by atoms with Crippen LogP contribution in [0.3, 0.4) is 0 Å². The molecule has 1 N–H and O–H groups in total. The van der Waals surface area contributed by atoms with Gasteiger partial charge < -0.3 is 9.84 Å². The lowest BCUT2D eigenvalue weighted by Gasteiger charge is -2.12. The van der Waals surface area contributed by atoms with Crippen LogP contribution in [0.4, 0.5) is 0 Å². The highest BCUT2D eigenvalue weighted by Crippen LogP contribution is 2.22.